The summed E-state index contributed by atoms with van der Waals surface area (Å²) in [4.78, 5) is 20.6. The zero-order valence-corrected chi connectivity index (χ0v) is 18.7. The van der Waals surface area contributed by atoms with Gasteiger partial charge < -0.3 is 15.2 Å². The molecule has 0 radical (unpaired) electrons. The summed E-state index contributed by atoms with van der Waals surface area (Å²) in [7, 11) is 0. The van der Waals surface area contributed by atoms with E-state index in [2.05, 4.69) is 27.5 Å². The third kappa shape index (κ3) is 7.06. The van der Waals surface area contributed by atoms with E-state index in [1.807, 2.05) is 29.7 Å². The Morgan fingerprint density at radius 2 is 1.97 bits per heavy atom. The maximum Gasteiger partial charge on any atom is 0.417 e. The highest BCUT2D eigenvalue weighted by atomic mass is 19.4. The molecule has 0 spiro atoms. The van der Waals surface area contributed by atoms with E-state index in [0.717, 1.165) is 42.8 Å². The lowest BCUT2D eigenvalue weighted by atomic mass is 10.0. The van der Waals surface area contributed by atoms with Crippen molar-refractivity contribution in [3.8, 4) is 5.69 Å². The molecule has 1 amide bonds. The van der Waals surface area contributed by atoms with Crippen LogP contribution in [0.2, 0.25) is 0 Å². The number of rotatable bonds is 10. The molecule has 3 aromatic rings. The number of nitrogens with zero attached hydrogens (tertiary/aromatic N) is 3. The van der Waals surface area contributed by atoms with E-state index in [-0.39, 0.29) is 5.91 Å². The lowest BCUT2D eigenvalue weighted by molar-refractivity contribution is -0.137. The van der Waals surface area contributed by atoms with Gasteiger partial charge in [0.15, 0.2) is 0 Å². The quantitative estimate of drug-likeness (QED) is 0.407. The molecule has 1 atom stereocenters. The average molecular weight is 460 g/mol. The third-order valence-corrected chi connectivity index (χ3v) is 5.37. The van der Waals surface area contributed by atoms with Crippen molar-refractivity contribution in [3.63, 3.8) is 0 Å². The molecular formula is C24H28F3N5O. The van der Waals surface area contributed by atoms with Crippen LogP contribution in [0, 0.1) is 12.8 Å². The van der Waals surface area contributed by atoms with E-state index in [1.165, 1.54) is 6.07 Å². The third-order valence-electron chi connectivity index (χ3n) is 5.37. The minimum atomic E-state index is -4.38. The van der Waals surface area contributed by atoms with Crippen LogP contribution >= 0.6 is 0 Å². The molecule has 0 aliphatic carbocycles. The van der Waals surface area contributed by atoms with Gasteiger partial charge in [-0.3, -0.25) is 4.79 Å². The normalized spacial score (nSPS) is 12.4. The summed E-state index contributed by atoms with van der Waals surface area (Å²) >= 11 is 0. The van der Waals surface area contributed by atoms with Crippen LogP contribution in [-0.4, -0.2) is 33.5 Å². The zero-order chi connectivity index (χ0) is 23.8. The number of halogens is 3. The number of pyridine rings is 1. The number of benzene rings is 1. The van der Waals surface area contributed by atoms with E-state index in [0.29, 0.717) is 30.4 Å². The van der Waals surface area contributed by atoms with Crippen molar-refractivity contribution in [2.45, 2.75) is 39.3 Å². The SMILES string of the molecule is Cc1ccc(-n2ccnc2)c(C(=O)NCCCC(C)CCNc2ccc(C(F)(F)F)cn2)c1. The van der Waals surface area contributed by atoms with Gasteiger partial charge in [0, 0.05) is 31.7 Å². The van der Waals surface area contributed by atoms with Gasteiger partial charge >= 0.3 is 6.18 Å². The largest absolute Gasteiger partial charge is 0.417 e. The van der Waals surface area contributed by atoms with Crippen molar-refractivity contribution >= 4 is 11.7 Å². The Balaban J connectivity index is 1.39. The van der Waals surface area contributed by atoms with Crippen molar-refractivity contribution in [3.05, 3.63) is 71.9 Å². The van der Waals surface area contributed by atoms with Gasteiger partial charge in [-0.1, -0.05) is 18.6 Å². The Morgan fingerprint density at radius 1 is 1.15 bits per heavy atom. The van der Waals surface area contributed by atoms with Crippen LogP contribution < -0.4 is 10.6 Å². The molecule has 0 saturated heterocycles. The number of imidazole rings is 1. The molecule has 0 saturated carbocycles. The standard InChI is InChI=1S/C24H28F3N5O/c1-17(9-11-29-22-8-6-19(15-31-22)24(25,26)27)4-3-10-30-23(33)20-14-18(2)5-7-21(20)32-13-12-28-16-32/h5-8,12-17H,3-4,9-11H2,1-2H3,(H,29,31)(H,30,33). The first-order chi connectivity index (χ1) is 15.7. The van der Waals surface area contributed by atoms with Crippen LogP contribution in [0.25, 0.3) is 5.69 Å². The molecule has 6 nitrogen and oxygen atoms in total. The molecular weight excluding hydrogens is 431 g/mol. The summed E-state index contributed by atoms with van der Waals surface area (Å²) in [6.07, 6.45) is 4.19. The minimum Gasteiger partial charge on any atom is -0.370 e. The second-order valence-electron chi connectivity index (χ2n) is 8.14. The Labute approximate surface area is 191 Å². The van der Waals surface area contributed by atoms with Crippen LogP contribution in [-0.2, 0) is 6.18 Å². The highest BCUT2D eigenvalue weighted by Gasteiger charge is 2.30. The second kappa shape index (κ2) is 11.0. The molecule has 0 fully saturated rings. The van der Waals surface area contributed by atoms with E-state index in [4.69, 9.17) is 0 Å². The number of carbonyl (C=O) groups excluding carboxylic acids is 1. The Bertz CT molecular complexity index is 1030. The molecule has 9 heteroatoms. The lowest BCUT2D eigenvalue weighted by Gasteiger charge is -2.14. The summed E-state index contributed by atoms with van der Waals surface area (Å²) < 4.78 is 39.6. The number of hydrogen-bond acceptors (Lipinski definition) is 4. The van der Waals surface area contributed by atoms with Gasteiger partial charge in [0.2, 0.25) is 0 Å². The molecule has 0 aliphatic rings. The fourth-order valence-corrected chi connectivity index (χ4v) is 3.46. The Hall–Kier alpha value is -3.36. The summed E-state index contributed by atoms with van der Waals surface area (Å²) in [5.41, 5.74) is 1.64. The van der Waals surface area contributed by atoms with Crippen molar-refractivity contribution in [2.75, 3.05) is 18.4 Å². The Kier molecular flexibility index (Phi) is 8.08. The molecule has 33 heavy (non-hydrogen) atoms. The molecule has 1 unspecified atom stereocenters. The molecule has 0 bridgehead atoms. The second-order valence-corrected chi connectivity index (χ2v) is 8.14. The molecule has 0 aliphatic heterocycles. The topological polar surface area (TPSA) is 71.8 Å². The number of anilines is 1. The molecule has 2 aromatic heterocycles. The fraction of sp³-hybridized carbons (Fsp3) is 0.375. The van der Waals surface area contributed by atoms with Gasteiger partial charge in [0.05, 0.1) is 23.1 Å². The van der Waals surface area contributed by atoms with Gasteiger partial charge in [-0.2, -0.15) is 13.2 Å². The van der Waals surface area contributed by atoms with E-state index in [9.17, 15) is 18.0 Å². The van der Waals surface area contributed by atoms with Gasteiger partial charge in [-0.05, 0) is 56.4 Å². The highest BCUT2D eigenvalue weighted by molar-refractivity contribution is 5.98. The van der Waals surface area contributed by atoms with Crippen molar-refractivity contribution < 1.29 is 18.0 Å². The monoisotopic (exact) mass is 459 g/mol. The Morgan fingerprint density at radius 3 is 2.64 bits per heavy atom. The van der Waals surface area contributed by atoms with E-state index < -0.39 is 11.7 Å². The van der Waals surface area contributed by atoms with E-state index in [1.54, 1.807) is 18.7 Å². The number of hydrogen-bond donors (Lipinski definition) is 2. The summed E-state index contributed by atoms with van der Waals surface area (Å²) in [6.45, 7) is 5.24. The first kappa shape index (κ1) is 24.3. The molecule has 1 aromatic carbocycles. The van der Waals surface area contributed by atoms with Crippen molar-refractivity contribution in [2.24, 2.45) is 5.92 Å². The molecule has 176 valence electrons. The first-order valence-electron chi connectivity index (χ1n) is 10.9. The van der Waals surface area contributed by atoms with Gasteiger partial charge in [-0.15, -0.1) is 0 Å². The predicted octanol–water partition coefficient (Wildman–Crippen LogP) is 5.24. The number of aryl methyl sites for hydroxylation is 1. The van der Waals surface area contributed by atoms with Gasteiger partial charge in [0.1, 0.15) is 5.82 Å². The van der Waals surface area contributed by atoms with Crippen molar-refractivity contribution in [1.82, 2.24) is 19.9 Å². The lowest BCUT2D eigenvalue weighted by Crippen LogP contribution is -2.26. The molecule has 3 rings (SSSR count). The predicted molar refractivity (Wildman–Crippen MR) is 121 cm³/mol. The minimum absolute atomic E-state index is 0.120. The summed E-state index contributed by atoms with van der Waals surface area (Å²) in [5.74, 6) is 0.698. The number of carbonyl (C=O) groups is 1. The van der Waals surface area contributed by atoms with Crippen LogP contribution in [0.4, 0.5) is 19.0 Å². The number of nitrogens with one attached hydrogen (secondary N) is 2. The van der Waals surface area contributed by atoms with Crippen LogP contribution in [0.1, 0.15) is 47.7 Å². The smallest absolute Gasteiger partial charge is 0.370 e. The van der Waals surface area contributed by atoms with E-state index >= 15 is 0 Å². The molecule has 2 N–H and O–H groups in total. The number of alkyl halides is 3. The maximum absolute atomic E-state index is 12.7. The van der Waals surface area contributed by atoms with Gasteiger partial charge in [-0.25, -0.2) is 9.97 Å². The number of amides is 1. The van der Waals surface area contributed by atoms with Crippen LogP contribution in [0.15, 0.2) is 55.2 Å². The molecule has 2 heterocycles. The summed E-state index contributed by atoms with van der Waals surface area (Å²) in [6, 6.07) is 8.10. The van der Waals surface area contributed by atoms with Crippen LogP contribution in [0.5, 0.6) is 0 Å². The summed E-state index contributed by atoms with van der Waals surface area (Å²) in [5, 5.41) is 6.05. The fourth-order valence-electron chi connectivity index (χ4n) is 3.46. The van der Waals surface area contributed by atoms with Gasteiger partial charge in [0.25, 0.3) is 5.91 Å². The highest BCUT2D eigenvalue weighted by Crippen LogP contribution is 2.28. The zero-order valence-electron chi connectivity index (χ0n) is 18.7. The first-order valence-corrected chi connectivity index (χ1v) is 10.9. The number of aromatic nitrogens is 3. The average Bonchev–Trinajstić information content (AvgIpc) is 3.31. The van der Waals surface area contributed by atoms with Crippen molar-refractivity contribution in [1.29, 1.82) is 0 Å². The maximum atomic E-state index is 12.7. The van der Waals surface area contributed by atoms with Crippen LogP contribution in [0.3, 0.4) is 0 Å².